The Balaban J connectivity index is 1.15. The number of hydrogen-bond donors (Lipinski definition) is 0. The van der Waals surface area contributed by atoms with Gasteiger partial charge in [-0.25, -0.2) is 4.98 Å². The summed E-state index contributed by atoms with van der Waals surface area (Å²) in [6, 6.07) is 17.3. The molecule has 1 aromatic heterocycles. The lowest BCUT2D eigenvalue weighted by molar-refractivity contribution is -0.133. The molecule has 6 rings (SSSR count). The summed E-state index contributed by atoms with van der Waals surface area (Å²) in [7, 11) is 1.94. The van der Waals surface area contributed by atoms with Gasteiger partial charge in [0.25, 0.3) is 5.56 Å². The molecule has 1 unspecified atom stereocenters. The molecule has 1 fully saturated rings. The van der Waals surface area contributed by atoms with E-state index >= 15 is 0 Å². The number of nitrogens with zero attached hydrogens (tertiary/aromatic N) is 4. The first-order chi connectivity index (χ1) is 18.6. The second-order valence-corrected chi connectivity index (χ2v) is 11.4. The fraction of sp³-hybridized carbons (Fsp3) is 0.414. The number of fused-ring (bicyclic) bond motifs is 2. The van der Waals surface area contributed by atoms with Crippen LogP contribution in [0.4, 0.5) is 0 Å². The molecule has 0 spiro atoms. The predicted molar refractivity (Wildman–Crippen MR) is 146 cm³/mol. The van der Waals surface area contributed by atoms with E-state index in [1.54, 1.807) is 21.2 Å². The number of carbonyl (C=O) groups is 1. The SMILES string of the molecule is CN(CCC(=O)N1CCc2nc(SC3CCC3)n(-c3ccccc3)c(=O)c2C1)C1COc2ccccc2O1. The van der Waals surface area contributed by atoms with Gasteiger partial charge in [-0.3, -0.25) is 19.1 Å². The second-order valence-electron chi connectivity index (χ2n) is 10.1. The van der Waals surface area contributed by atoms with E-state index in [0.29, 0.717) is 55.6 Å². The van der Waals surface area contributed by atoms with Crippen molar-refractivity contribution in [1.82, 2.24) is 19.4 Å². The van der Waals surface area contributed by atoms with Crippen LogP contribution in [0.15, 0.2) is 64.5 Å². The minimum atomic E-state index is -0.256. The maximum Gasteiger partial charge on any atom is 0.264 e. The first kappa shape index (κ1) is 25.0. The van der Waals surface area contributed by atoms with Crippen LogP contribution in [0.3, 0.4) is 0 Å². The molecular formula is C29H32N4O4S. The number of hydrogen-bond acceptors (Lipinski definition) is 7. The quantitative estimate of drug-likeness (QED) is 0.428. The number of ether oxygens (including phenoxy) is 2. The number of likely N-dealkylation sites (N-methyl/N-ethyl adjacent to an activating group) is 1. The lowest BCUT2D eigenvalue weighted by atomic mass is 10.0. The molecule has 0 radical (unpaired) electrons. The third-order valence-electron chi connectivity index (χ3n) is 7.55. The fourth-order valence-electron chi connectivity index (χ4n) is 4.99. The normalized spacial score (nSPS) is 18.7. The first-order valence-electron chi connectivity index (χ1n) is 13.3. The number of para-hydroxylation sites is 3. The van der Waals surface area contributed by atoms with E-state index in [9.17, 15) is 9.59 Å². The maximum absolute atomic E-state index is 13.8. The number of thioether (sulfide) groups is 1. The zero-order chi connectivity index (χ0) is 26.1. The predicted octanol–water partition coefficient (Wildman–Crippen LogP) is 3.88. The fourth-order valence-corrected chi connectivity index (χ4v) is 6.31. The lowest BCUT2D eigenvalue weighted by Crippen LogP contribution is -2.46. The molecule has 1 saturated carbocycles. The van der Waals surface area contributed by atoms with Gasteiger partial charge in [0, 0.05) is 31.2 Å². The molecule has 3 aromatic rings. The number of benzene rings is 2. The van der Waals surface area contributed by atoms with Gasteiger partial charge in [0.2, 0.25) is 5.91 Å². The van der Waals surface area contributed by atoms with Crippen LogP contribution in [0.1, 0.15) is 36.9 Å². The van der Waals surface area contributed by atoms with Gasteiger partial charge in [0.05, 0.1) is 23.5 Å². The molecule has 9 heteroatoms. The molecule has 198 valence electrons. The highest BCUT2D eigenvalue weighted by atomic mass is 32.2. The summed E-state index contributed by atoms with van der Waals surface area (Å²) < 4.78 is 13.6. The molecule has 2 aliphatic heterocycles. The third kappa shape index (κ3) is 5.05. The Morgan fingerprint density at radius 2 is 1.87 bits per heavy atom. The van der Waals surface area contributed by atoms with Crippen LogP contribution in [0.2, 0.25) is 0 Å². The average molecular weight is 533 g/mol. The summed E-state index contributed by atoms with van der Waals surface area (Å²) in [6.45, 7) is 1.80. The van der Waals surface area contributed by atoms with Gasteiger partial charge >= 0.3 is 0 Å². The molecule has 1 amide bonds. The van der Waals surface area contributed by atoms with Crippen LogP contribution >= 0.6 is 11.8 Å². The third-order valence-corrected chi connectivity index (χ3v) is 8.84. The Kier molecular flexibility index (Phi) is 7.12. The lowest BCUT2D eigenvalue weighted by Gasteiger charge is -2.33. The standard InChI is InChI=1S/C29H32N4O4S/c1-31(27-19-36-24-12-5-6-13-25(24)37-27)16-15-26(34)32-17-14-23-22(18-32)28(35)33(20-8-3-2-4-9-20)29(30-23)38-21-10-7-11-21/h2-6,8-9,12-13,21,27H,7,10-11,14-19H2,1H3. The molecule has 1 aliphatic carbocycles. The maximum atomic E-state index is 13.8. The smallest absolute Gasteiger partial charge is 0.264 e. The molecular weight excluding hydrogens is 500 g/mol. The minimum absolute atomic E-state index is 0.0261. The van der Waals surface area contributed by atoms with Gasteiger partial charge in [-0.2, -0.15) is 0 Å². The Hall–Kier alpha value is -3.30. The summed E-state index contributed by atoms with van der Waals surface area (Å²) in [5, 5.41) is 1.28. The molecule has 0 bridgehead atoms. The van der Waals surface area contributed by atoms with Gasteiger partial charge in [-0.05, 0) is 44.2 Å². The van der Waals surface area contributed by atoms with Crippen molar-refractivity contribution in [3.63, 3.8) is 0 Å². The molecule has 2 aromatic carbocycles. The summed E-state index contributed by atoms with van der Waals surface area (Å²) >= 11 is 1.71. The summed E-state index contributed by atoms with van der Waals surface area (Å²) in [5.41, 5.74) is 2.21. The minimum Gasteiger partial charge on any atom is -0.484 e. The van der Waals surface area contributed by atoms with Crippen molar-refractivity contribution in [2.45, 2.75) is 55.3 Å². The number of amides is 1. The van der Waals surface area contributed by atoms with E-state index in [2.05, 4.69) is 0 Å². The van der Waals surface area contributed by atoms with Crippen molar-refractivity contribution in [2.75, 3.05) is 26.7 Å². The van der Waals surface area contributed by atoms with E-state index in [4.69, 9.17) is 14.5 Å². The Bertz CT molecular complexity index is 1370. The van der Waals surface area contributed by atoms with Gasteiger partial charge in [0.15, 0.2) is 22.9 Å². The van der Waals surface area contributed by atoms with Crippen LogP contribution < -0.4 is 15.0 Å². The Morgan fingerprint density at radius 1 is 1.11 bits per heavy atom. The van der Waals surface area contributed by atoms with Crippen molar-refractivity contribution in [1.29, 1.82) is 0 Å². The molecule has 3 heterocycles. The summed E-state index contributed by atoms with van der Waals surface area (Å²) in [6.07, 6.45) is 4.23. The van der Waals surface area contributed by atoms with Crippen molar-refractivity contribution in [3.05, 3.63) is 76.2 Å². The van der Waals surface area contributed by atoms with E-state index in [0.717, 1.165) is 35.1 Å². The van der Waals surface area contributed by atoms with E-state index in [1.165, 1.54) is 6.42 Å². The zero-order valence-corrected chi connectivity index (χ0v) is 22.4. The number of rotatable bonds is 7. The Morgan fingerprint density at radius 3 is 2.63 bits per heavy atom. The number of aromatic nitrogens is 2. The van der Waals surface area contributed by atoms with E-state index < -0.39 is 0 Å². The average Bonchev–Trinajstić information content (AvgIpc) is 2.93. The summed E-state index contributed by atoms with van der Waals surface area (Å²) in [5.74, 6) is 1.48. The van der Waals surface area contributed by atoms with Crippen molar-refractivity contribution < 1.29 is 14.3 Å². The largest absolute Gasteiger partial charge is 0.484 e. The highest BCUT2D eigenvalue weighted by Gasteiger charge is 2.30. The van der Waals surface area contributed by atoms with Gasteiger partial charge < -0.3 is 14.4 Å². The van der Waals surface area contributed by atoms with Crippen molar-refractivity contribution >= 4 is 17.7 Å². The monoisotopic (exact) mass is 532 g/mol. The van der Waals surface area contributed by atoms with Crippen LogP contribution in [-0.2, 0) is 17.8 Å². The zero-order valence-electron chi connectivity index (χ0n) is 21.5. The van der Waals surface area contributed by atoms with Gasteiger partial charge in [-0.1, -0.05) is 48.5 Å². The van der Waals surface area contributed by atoms with E-state index in [-0.39, 0.29) is 17.7 Å². The van der Waals surface area contributed by atoms with Crippen LogP contribution in [0.5, 0.6) is 11.5 Å². The molecule has 0 N–H and O–H groups in total. The van der Waals surface area contributed by atoms with Crippen LogP contribution in [0, 0.1) is 0 Å². The Labute approximate surface area is 226 Å². The van der Waals surface area contributed by atoms with E-state index in [1.807, 2.05) is 66.5 Å². The van der Waals surface area contributed by atoms with Gasteiger partial charge in [-0.15, -0.1) is 0 Å². The molecule has 0 saturated heterocycles. The van der Waals surface area contributed by atoms with Crippen LogP contribution in [-0.4, -0.2) is 63.5 Å². The van der Waals surface area contributed by atoms with Crippen LogP contribution in [0.25, 0.3) is 5.69 Å². The van der Waals surface area contributed by atoms with Crippen molar-refractivity contribution in [3.8, 4) is 17.2 Å². The molecule has 1 atom stereocenters. The topological polar surface area (TPSA) is 76.9 Å². The molecule has 8 nitrogen and oxygen atoms in total. The first-order valence-corrected chi connectivity index (χ1v) is 14.2. The second kappa shape index (κ2) is 10.8. The summed E-state index contributed by atoms with van der Waals surface area (Å²) in [4.78, 5) is 35.8. The van der Waals surface area contributed by atoms with Gasteiger partial charge in [0.1, 0.15) is 6.61 Å². The molecule has 38 heavy (non-hydrogen) atoms. The highest BCUT2D eigenvalue weighted by Crippen LogP contribution is 2.36. The number of carbonyl (C=O) groups excluding carboxylic acids is 1. The molecule has 3 aliphatic rings. The highest BCUT2D eigenvalue weighted by molar-refractivity contribution is 7.99. The van der Waals surface area contributed by atoms with Crippen molar-refractivity contribution in [2.24, 2.45) is 0 Å².